The standard InChI is InChI=1S/C53H48N2O10/c1-61-37-19-24-44(63-3)32(26-37)12-6-30-8-15-35(16-9-30)54-50(57)40-22-21-39-41(48(40)52(54)59)29-42-49(47(39)34-14-23-46(65-5)43(56)28-34)53(60)55(51(42)58)36-17-10-31(11-18-36)7-13-33-27-38(62-2)20-25-45(33)64-4/h6-21,23-28,40-42,47-49,56H,22,29H2,1-5H3/t40-,41+,42+,47-,48-,49+/m0/s1. The minimum atomic E-state index is -0.810. The highest BCUT2D eigenvalue weighted by atomic mass is 16.5. The van der Waals surface area contributed by atoms with Crippen molar-refractivity contribution in [2.45, 2.75) is 18.8 Å². The molecule has 12 heteroatoms. The summed E-state index contributed by atoms with van der Waals surface area (Å²) >= 11 is 0. The van der Waals surface area contributed by atoms with E-state index < -0.39 is 35.5 Å². The molecule has 3 fully saturated rings. The number of allylic oxidation sites excluding steroid dienone is 2. The molecule has 0 spiro atoms. The normalized spacial score (nSPS) is 22.5. The first-order valence-corrected chi connectivity index (χ1v) is 21.4. The van der Waals surface area contributed by atoms with E-state index in [9.17, 15) is 24.3 Å². The molecule has 2 saturated heterocycles. The van der Waals surface area contributed by atoms with Crippen LogP contribution in [0.15, 0.2) is 115 Å². The summed E-state index contributed by atoms with van der Waals surface area (Å²) in [5, 5.41) is 11.0. The Balaban J connectivity index is 1.01. The maximum atomic E-state index is 14.7. The molecule has 12 nitrogen and oxygen atoms in total. The predicted molar refractivity (Wildman–Crippen MR) is 247 cm³/mol. The van der Waals surface area contributed by atoms with Crippen molar-refractivity contribution in [3.05, 3.63) is 143 Å². The zero-order valence-electron chi connectivity index (χ0n) is 36.6. The van der Waals surface area contributed by atoms with Crippen molar-refractivity contribution in [2.75, 3.05) is 45.3 Å². The molecule has 4 amide bonds. The van der Waals surface area contributed by atoms with Gasteiger partial charge in [0, 0.05) is 17.0 Å². The summed E-state index contributed by atoms with van der Waals surface area (Å²) in [6, 6.07) is 30.4. The molecule has 9 rings (SSSR count). The van der Waals surface area contributed by atoms with E-state index in [1.165, 1.54) is 16.9 Å². The van der Waals surface area contributed by atoms with Crippen LogP contribution in [0.5, 0.6) is 34.5 Å². The molecule has 5 aromatic carbocycles. The van der Waals surface area contributed by atoms with Crippen molar-refractivity contribution in [1.29, 1.82) is 0 Å². The average molecular weight is 873 g/mol. The van der Waals surface area contributed by atoms with Crippen molar-refractivity contribution in [2.24, 2.45) is 29.6 Å². The Morgan fingerprint density at radius 2 is 1.00 bits per heavy atom. The Labute approximate surface area is 376 Å². The summed E-state index contributed by atoms with van der Waals surface area (Å²) in [6.45, 7) is 0. The fourth-order valence-corrected chi connectivity index (χ4v) is 10.2. The maximum Gasteiger partial charge on any atom is 0.238 e. The monoisotopic (exact) mass is 872 g/mol. The number of nitrogens with zero attached hydrogens (tertiary/aromatic N) is 2. The van der Waals surface area contributed by atoms with Crippen LogP contribution < -0.4 is 33.5 Å². The summed E-state index contributed by atoms with van der Waals surface area (Å²) in [7, 11) is 7.86. The quantitative estimate of drug-likeness (QED) is 0.0735. The lowest BCUT2D eigenvalue weighted by molar-refractivity contribution is -0.126. The van der Waals surface area contributed by atoms with Crippen molar-refractivity contribution in [3.8, 4) is 34.5 Å². The van der Waals surface area contributed by atoms with Crippen molar-refractivity contribution >= 4 is 59.3 Å². The Kier molecular flexibility index (Phi) is 11.5. The third kappa shape index (κ3) is 7.58. The molecular weight excluding hydrogens is 825 g/mol. The van der Waals surface area contributed by atoms with E-state index in [2.05, 4.69) is 0 Å². The van der Waals surface area contributed by atoms with Gasteiger partial charge in [-0.15, -0.1) is 0 Å². The second kappa shape index (κ2) is 17.5. The van der Waals surface area contributed by atoms with Gasteiger partial charge in [0.2, 0.25) is 23.6 Å². The fraction of sp³-hybridized carbons (Fsp3) is 0.245. The smallest absolute Gasteiger partial charge is 0.238 e. The van der Waals surface area contributed by atoms with Gasteiger partial charge >= 0.3 is 0 Å². The third-order valence-corrected chi connectivity index (χ3v) is 13.3. The van der Waals surface area contributed by atoms with Crippen LogP contribution in [0.2, 0.25) is 0 Å². The van der Waals surface area contributed by atoms with E-state index >= 15 is 0 Å². The minimum absolute atomic E-state index is 0.110. The van der Waals surface area contributed by atoms with Gasteiger partial charge in [-0.3, -0.25) is 29.0 Å². The van der Waals surface area contributed by atoms with Crippen molar-refractivity contribution in [3.63, 3.8) is 0 Å². The number of benzene rings is 5. The van der Waals surface area contributed by atoms with Crippen LogP contribution in [-0.2, 0) is 19.2 Å². The molecule has 65 heavy (non-hydrogen) atoms. The van der Waals surface area contributed by atoms with Gasteiger partial charge in [-0.25, -0.2) is 0 Å². The average Bonchev–Trinajstić information content (AvgIpc) is 3.74. The lowest BCUT2D eigenvalue weighted by Crippen LogP contribution is -2.43. The van der Waals surface area contributed by atoms with Crippen molar-refractivity contribution < 1.29 is 48.0 Å². The zero-order chi connectivity index (χ0) is 45.5. The van der Waals surface area contributed by atoms with Gasteiger partial charge < -0.3 is 28.8 Å². The van der Waals surface area contributed by atoms with Crippen molar-refractivity contribution in [1.82, 2.24) is 0 Å². The van der Waals surface area contributed by atoms with Crippen LogP contribution in [0.3, 0.4) is 0 Å². The van der Waals surface area contributed by atoms with Crippen LogP contribution in [0.4, 0.5) is 11.4 Å². The molecule has 1 N–H and O–H groups in total. The number of carbonyl (C=O) groups excluding carboxylic acids is 4. The van der Waals surface area contributed by atoms with E-state index in [4.69, 9.17) is 23.7 Å². The van der Waals surface area contributed by atoms with E-state index in [-0.39, 0.29) is 41.5 Å². The maximum absolute atomic E-state index is 14.7. The SMILES string of the molecule is COc1ccc(OC)c(C=Cc2ccc(N3C(=O)[C@H]4[C@H](CC=C5[C@H]4C[C@H]4C(=O)N(c6ccc(C=Cc7cc(OC)ccc7OC)cc6)C(=O)[C@H]4[C@H]5c4ccc(OC)c(O)c4)C3=O)cc2)c1. The number of fused-ring (bicyclic) bond motifs is 4. The lowest BCUT2D eigenvalue weighted by atomic mass is 9.57. The van der Waals surface area contributed by atoms with Crippen LogP contribution in [0.25, 0.3) is 24.3 Å². The van der Waals surface area contributed by atoms with Crippen LogP contribution in [0, 0.1) is 29.6 Å². The van der Waals surface area contributed by atoms with Gasteiger partial charge in [-0.05, 0) is 108 Å². The first-order chi connectivity index (χ1) is 31.6. The largest absolute Gasteiger partial charge is 0.504 e. The van der Waals surface area contributed by atoms with Crippen LogP contribution >= 0.6 is 0 Å². The topological polar surface area (TPSA) is 141 Å². The second-order valence-electron chi connectivity index (χ2n) is 16.5. The number of aromatic hydroxyl groups is 1. The summed E-state index contributed by atoms with van der Waals surface area (Å²) in [6.07, 6.45) is 10.1. The van der Waals surface area contributed by atoms with Gasteiger partial charge in [0.15, 0.2) is 11.5 Å². The highest BCUT2D eigenvalue weighted by Gasteiger charge is 2.62. The Morgan fingerprint density at radius 1 is 0.508 bits per heavy atom. The number of amides is 4. The summed E-state index contributed by atoms with van der Waals surface area (Å²) in [4.78, 5) is 60.9. The number of imide groups is 2. The highest BCUT2D eigenvalue weighted by Crippen LogP contribution is 2.59. The molecule has 2 aliphatic carbocycles. The van der Waals surface area contributed by atoms with Gasteiger partial charge in [-0.1, -0.05) is 66.3 Å². The Morgan fingerprint density at radius 3 is 1.49 bits per heavy atom. The minimum Gasteiger partial charge on any atom is -0.504 e. The number of anilines is 2. The van der Waals surface area contributed by atoms with E-state index in [0.29, 0.717) is 46.4 Å². The highest BCUT2D eigenvalue weighted by molar-refractivity contribution is 6.24. The van der Waals surface area contributed by atoms with E-state index in [0.717, 1.165) is 27.8 Å². The molecule has 0 unspecified atom stereocenters. The first kappa shape index (κ1) is 42.7. The lowest BCUT2D eigenvalue weighted by Gasteiger charge is -2.44. The molecule has 0 aromatic heterocycles. The number of carbonyl (C=O) groups is 4. The second-order valence-corrected chi connectivity index (χ2v) is 16.5. The number of ether oxygens (including phenoxy) is 5. The van der Waals surface area contributed by atoms with Gasteiger partial charge in [-0.2, -0.15) is 0 Å². The molecular formula is C53H48N2O10. The van der Waals surface area contributed by atoms with Crippen LogP contribution in [0.1, 0.15) is 46.6 Å². The van der Waals surface area contributed by atoms with Gasteiger partial charge in [0.25, 0.3) is 0 Å². The molecule has 2 heterocycles. The Hall–Kier alpha value is -7.60. The molecule has 6 atom stereocenters. The molecule has 1 saturated carbocycles. The van der Waals surface area contributed by atoms with E-state index in [1.54, 1.807) is 70.9 Å². The molecule has 4 aliphatic rings. The fourth-order valence-electron chi connectivity index (χ4n) is 10.2. The molecule has 5 aromatic rings. The first-order valence-electron chi connectivity index (χ1n) is 21.4. The van der Waals surface area contributed by atoms with E-state index in [1.807, 2.05) is 91.0 Å². The number of hydrogen-bond donors (Lipinski definition) is 1. The predicted octanol–water partition coefficient (Wildman–Crippen LogP) is 8.82. The summed E-state index contributed by atoms with van der Waals surface area (Å²) < 4.78 is 27.2. The van der Waals surface area contributed by atoms with Crippen LogP contribution in [-0.4, -0.2) is 64.3 Å². The zero-order valence-corrected chi connectivity index (χ0v) is 36.6. The number of methoxy groups -OCH3 is 5. The Bertz CT molecular complexity index is 2790. The molecule has 0 radical (unpaired) electrons. The molecule has 0 bridgehead atoms. The van der Waals surface area contributed by atoms with Gasteiger partial charge in [0.05, 0.1) is 70.6 Å². The van der Waals surface area contributed by atoms with Gasteiger partial charge in [0.1, 0.15) is 23.0 Å². The summed E-state index contributed by atoms with van der Waals surface area (Å²) in [5.41, 5.74) is 5.64. The number of rotatable bonds is 12. The number of phenolic OH excluding ortho intramolecular Hbond substituents is 1. The summed E-state index contributed by atoms with van der Waals surface area (Å²) in [5.74, 6) is -2.61. The molecule has 2 aliphatic heterocycles. The third-order valence-electron chi connectivity index (χ3n) is 13.3. The number of hydrogen-bond acceptors (Lipinski definition) is 10. The number of phenols is 1. The molecule has 330 valence electrons.